The maximum absolute atomic E-state index is 12.0. The largest absolute Gasteiger partial charge is 0.465 e. The van der Waals surface area contributed by atoms with E-state index in [1.165, 1.54) is 7.11 Å². The molecule has 1 aromatic carbocycles. The molecule has 0 saturated carbocycles. The summed E-state index contributed by atoms with van der Waals surface area (Å²) >= 11 is 0. The highest BCUT2D eigenvalue weighted by atomic mass is 16.7. The Balaban J connectivity index is 2.51. The molecule has 0 bridgehead atoms. The minimum absolute atomic E-state index is 0.346. The number of esters is 1. The maximum Gasteiger partial charge on any atom is 0.339 e. The van der Waals surface area contributed by atoms with Crippen LogP contribution in [0.1, 0.15) is 36.2 Å². The van der Waals surface area contributed by atoms with Crippen molar-refractivity contribution in [1.29, 1.82) is 0 Å². The molecule has 0 radical (unpaired) electrons. The molecule has 0 amide bonds. The van der Waals surface area contributed by atoms with Gasteiger partial charge in [0.05, 0.1) is 18.4 Å². The van der Waals surface area contributed by atoms with E-state index in [4.69, 9.17) is 14.2 Å². The van der Waals surface area contributed by atoms with Crippen LogP contribution in [0.15, 0.2) is 42.5 Å². The monoisotopic (exact) mass is 315 g/mol. The Morgan fingerprint density at radius 3 is 2.26 bits per heavy atom. The normalized spacial score (nSPS) is 10.8. The first-order chi connectivity index (χ1) is 11.2. The number of rotatable bonds is 7. The number of aromatic nitrogens is 1. The summed E-state index contributed by atoms with van der Waals surface area (Å²) in [7, 11) is 1.34. The van der Waals surface area contributed by atoms with Gasteiger partial charge in [0, 0.05) is 18.8 Å². The van der Waals surface area contributed by atoms with Crippen LogP contribution >= 0.6 is 0 Å². The van der Waals surface area contributed by atoms with Crippen LogP contribution in [0.4, 0.5) is 0 Å². The molecule has 2 rings (SSSR count). The molecular weight excluding hydrogens is 294 g/mol. The molecule has 0 unspecified atom stereocenters. The average molecular weight is 315 g/mol. The van der Waals surface area contributed by atoms with E-state index >= 15 is 0 Å². The average Bonchev–Trinajstić information content (AvgIpc) is 2.61. The van der Waals surface area contributed by atoms with Gasteiger partial charge in [-0.2, -0.15) is 0 Å². The van der Waals surface area contributed by atoms with Crippen LogP contribution in [0.2, 0.25) is 0 Å². The second kappa shape index (κ2) is 8.41. The van der Waals surface area contributed by atoms with Gasteiger partial charge >= 0.3 is 5.97 Å². The van der Waals surface area contributed by atoms with Gasteiger partial charge in [-0.3, -0.25) is 0 Å². The molecule has 0 spiro atoms. The van der Waals surface area contributed by atoms with Crippen LogP contribution in [-0.4, -0.2) is 31.3 Å². The number of methoxy groups -OCH3 is 1. The number of carbonyl (C=O) groups excluding carboxylic acids is 1. The number of ether oxygens (including phenoxy) is 3. The van der Waals surface area contributed by atoms with Crippen LogP contribution in [0.5, 0.6) is 0 Å². The molecule has 5 heteroatoms. The first-order valence-electron chi connectivity index (χ1n) is 7.59. The first kappa shape index (κ1) is 17.1. The maximum atomic E-state index is 12.0. The number of hydrogen-bond acceptors (Lipinski definition) is 5. The predicted molar refractivity (Wildman–Crippen MR) is 87.0 cm³/mol. The molecule has 0 atom stereocenters. The Labute approximate surface area is 136 Å². The number of carbonyl (C=O) groups is 1. The van der Waals surface area contributed by atoms with Crippen LogP contribution in [0, 0.1) is 0 Å². The highest BCUT2D eigenvalue weighted by Gasteiger charge is 2.23. The van der Waals surface area contributed by atoms with Crippen LogP contribution < -0.4 is 0 Å². The zero-order chi connectivity index (χ0) is 16.7. The molecule has 0 N–H and O–H groups in total. The van der Waals surface area contributed by atoms with Crippen LogP contribution in [-0.2, 0) is 14.2 Å². The van der Waals surface area contributed by atoms with Gasteiger partial charge in [0.2, 0.25) is 6.29 Å². The van der Waals surface area contributed by atoms with E-state index < -0.39 is 12.3 Å². The van der Waals surface area contributed by atoms with E-state index in [9.17, 15) is 4.79 Å². The molecule has 0 aliphatic rings. The third-order valence-corrected chi connectivity index (χ3v) is 3.26. The second-order valence-corrected chi connectivity index (χ2v) is 4.73. The standard InChI is InChI=1S/C18H21NO4/c1-4-22-18(23-5-2)16-14(17(20)21-3)11-12-15(19-16)13-9-7-6-8-10-13/h6-12,18H,4-5H2,1-3H3. The lowest BCUT2D eigenvalue weighted by molar-refractivity contribution is -0.142. The van der Waals surface area contributed by atoms with Crippen molar-refractivity contribution in [3.05, 3.63) is 53.7 Å². The lowest BCUT2D eigenvalue weighted by Crippen LogP contribution is -2.17. The summed E-state index contributed by atoms with van der Waals surface area (Å²) in [5.41, 5.74) is 2.48. The zero-order valence-corrected chi connectivity index (χ0v) is 13.6. The van der Waals surface area contributed by atoms with Crippen molar-refractivity contribution in [2.45, 2.75) is 20.1 Å². The fourth-order valence-corrected chi connectivity index (χ4v) is 2.22. The van der Waals surface area contributed by atoms with Crippen molar-refractivity contribution >= 4 is 5.97 Å². The Bertz CT molecular complexity index is 637. The van der Waals surface area contributed by atoms with Crippen molar-refractivity contribution in [2.75, 3.05) is 20.3 Å². The summed E-state index contributed by atoms with van der Waals surface area (Å²) in [6.45, 7) is 4.63. The van der Waals surface area contributed by atoms with Gasteiger partial charge < -0.3 is 14.2 Å². The van der Waals surface area contributed by atoms with Crippen molar-refractivity contribution in [3.8, 4) is 11.3 Å². The quantitative estimate of drug-likeness (QED) is 0.577. The fourth-order valence-electron chi connectivity index (χ4n) is 2.22. The number of nitrogens with zero attached hydrogens (tertiary/aromatic N) is 1. The summed E-state index contributed by atoms with van der Waals surface area (Å²) in [6, 6.07) is 13.2. The fraction of sp³-hybridized carbons (Fsp3) is 0.333. The van der Waals surface area contributed by atoms with Crippen molar-refractivity contribution < 1.29 is 19.0 Å². The Hall–Kier alpha value is -2.24. The minimum Gasteiger partial charge on any atom is -0.465 e. The second-order valence-electron chi connectivity index (χ2n) is 4.73. The minimum atomic E-state index is -0.706. The Kier molecular flexibility index (Phi) is 6.26. The van der Waals surface area contributed by atoms with E-state index in [0.29, 0.717) is 24.5 Å². The third kappa shape index (κ3) is 4.15. The Morgan fingerprint density at radius 2 is 1.70 bits per heavy atom. The number of benzene rings is 1. The molecule has 0 saturated heterocycles. The van der Waals surface area contributed by atoms with Gasteiger partial charge in [-0.05, 0) is 26.0 Å². The molecule has 0 aliphatic heterocycles. The molecule has 1 aromatic heterocycles. The molecule has 23 heavy (non-hydrogen) atoms. The van der Waals surface area contributed by atoms with E-state index in [2.05, 4.69) is 4.98 Å². The zero-order valence-electron chi connectivity index (χ0n) is 13.6. The van der Waals surface area contributed by atoms with Crippen molar-refractivity contribution in [2.24, 2.45) is 0 Å². The van der Waals surface area contributed by atoms with E-state index in [-0.39, 0.29) is 0 Å². The van der Waals surface area contributed by atoms with E-state index in [0.717, 1.165) is 11.3 Å². The SMILES string of the molecule is CCOC(OCC)c1nc(-c2ccccc2)ccc1C(=O)OC. The van der Waals surface area contributed by atoms with E-state index in [1.807, 2.05) is 44.2 Å². The highest BCUT2D eigenvalue weighted by Crippen LogP contribution is 2.26. The van der Waals surface area contributed by atoms with Gasteiger partial charge in [0.1, 0.15) is 5.69 Å². The molecule has 0 fully saturated rings. The molecule has 1 heterocycles. The third-order valence-electron chi connectivity index (χ3n) is 3.26. The molecular formula is C18H21NO4. The number of hydrogen-bond donors (Lipinski definition) is 0. The van der Waals surface area contributed by atoms with Gasteiger partial charge in [-0.1, -0.05) is 30.3 Å². The summed E-state index contributed by atoms with van der Waals surface area (Å²) in [4.78, 5) is 16.6. The summed E-state index contributed by atoms with van der Waals surface area (Å²) in [5, 5.41) is 0. The molecule has 0 aliphatic carbocycles. The highest BCUT2D eigenvalue weighted by molar-refractivity contribution is 5.91. The van der Waals surface area contributed by atoms with Gasteiger partial charge in [-0.25, -0.2) is 9.78 Å². The number of pyridine rings is 1. The van der Waals surface area contributed by atoms with E-state index in [1.54, 1.807) is 12.1 Å². The summed E-state index contributed by atoms with van der Waals surface area (Å²) < 4.78 is 16.0. The van der Waals surface area contributed by atoms with Crippen molar-refractivity contribution in [3.63, 3.8) is 0 Å². The lowest BCUT2D eigenvalue weighted by Gasteiger charge is -2.19. The summed E-state index contributed by atoms with van der Waals surface area (Å²) in [5.74, 6) is -0.462. The van der Waals surface area contributed by atoms with Gasteiger partial charge in [0.25, 0.3) is 0 Å². The smallest absolute Gasteiger partial charge is 0.339 e. The van der Waals surface area contributed by atoms with Gasteiger partial charge in [0.15, 0.2) is 0 Å². The first-order valence-corrected chi connectivity index (χ1v) is 7.59. The van der Waals surface area contributed by atoms with Crippen LogP contribution in [0.25, 0.3) is 11.3 Å². The summed E-state index contributed by atoms with van der Waals surface area (Å²) in [6.07, 6.45) is -0.706. The molecule has 5 nitrogen and oxygen atoms in total. The Morgan fingerprint density at radius 1 is 1.04 bits per heavy atom. The topological polar surface area (TPSA) is 57.7 Å². The lowest BCUT2D eigenvalue weighted by atomic mass is 10.1. The van der Waals surface area contributed by atoms with Crippen LogP contribution in [0.3, 0.4) is 0 Å². The van der Waals surface area contributed by atoms with Crippen molar-refractivity contribution in [1.82, 2.24) is 4.98 Å². The predicted octanol–water partition coefficient (Wildman–Crippen LogP) is 3.61. The van der Waals surface area contributed by atoms with Gasteiger partial charge in [-0.15, -0.1) is 0 Å². The molecule has 2 aromatic rings. The molecule has 122 valence electrons.